The first-order chi connectivity index (χ1) is 7.00. The second-order valence-corrected chi connectivity index (χ2v) is 3.88. The number of amides is 1. The van der Waals surface area contributed by atoms with Gasteiger partial charge in [-0.15, -0.1) is 0 Å². The van der Waals surface area contributed by atoms with Gasteiger partial charge in [-0.05, 0) is 20.8 Å². The minimum absolute atomic E-state index is 0.0403. The predicted octanol–water partition coefficient (Wildman–Crippen LogP) is 0.688. The highest BCUT2D eigenvalue weighted by atomic mass is 16.1. The molecule has 5 heteroatoms. The monoisotopic (exact) mass is 210 g/mol. The lowest BCUT2D eigenvalue weighted by Gasteiger charge is -2.08. The third-order valence-corrected chi connectivity index (χ3v) is 2.14. The third-order valence-electron chi connectivity index (χ3n) is 2.14. The summed E-state index contributed by atoms with van der Waals surface area (Å²) in [6.07, 6.45) is 2.04. The lowest BCUT2D eigenvalue weighted by atomic mass is 10.3. The second-order valence-electron chi connectivity index (χ2n) is 3.88. The maximum atomic E-state index is 11.4. The van der Waals surface area contributed by atoms with Gasteiger partial charge >= 0.3 is 0 Å². The number of nitrogens with zero attached hydrogens (tertiary/aromatic N) is 2. The first-order valence-electron chi connectivity index (χ1n) is 5.08. The van der Waals surface area contributed by atoms with E-state index in [-0.39, 0.29) is 11.9 Å². The van der Waals surface area contributed by atoms with E-state index in [1.807, 2.05) is 20.8 Å². The van der Waals surface area contributed by atoms with E-state index >= 15 is 0 Å². The van der Waals surface area contributed by atoms with Crippen molar-refractivity contribution in [3.05, 3.63) is 11.9 Å². The molecule has 0 saturated heterocycles. The molecule has 1 aromatic heterocycles. The van der Waals surface area contributed by atoms with Gasteiger partial charge in [-0.3, -0.25) is 9.48 Å². The van der Waals surface area contributed by atoms with Crippen molar-refractivity contribution in [1.29, 1.82) is 0 Å². The van der Waals surface area contributed by atoms with Crippen LogP contribution in [0.2, 0.25) is 0 Å². The molecular weight excluding hydrogens is 192 g/mol. The molecule has 0 fully saturated rings. The molecule has 1 aromatic rings. The summed E-state index contributed by atoms with van der Waals surface area (Å²) in [5, 5.41) is 6.91. The number of rotatable bonds is 4. The molecule has 84 valence electrons. The minimum atomic E-state index is 0.0403. The Kier molecular flexibility index (Phi) is 3.71. The molecule has 0 aromatic carbocycles. The molecule has 0 saturated carbocycles. The van der Waals surface area contributed by atoms with E-state index in [0.29, 0.717) is 18.7 Å². The zero-order chi connectivity index (χ0) is 11.4. The van der Waals surface area contributed by atoms with Gasteiger partial charge in [-0.25, -0.2) is 0 Å². The Morgan fingerprint density at radius 1 is 1.67 bits per heavy atom. The second kappa shape index (κ2) is 4.82. The van der Waals surface area contributed by atoms with Gasteiger partial charge in [0.25, 0.3) is 0 Å². The first kappa shape index (κ1) is 11.6. The highest BCUT2D eigenvalue weighted by Crippen LogP contribution is 2.08. The standard InChI is InChI=1S/C10H18N4O/c1-7(2)13-10(15)4-5-14-8(3)9(11)6-12-14/h6-7H,4-5,11H2,1-3H3,(H,13,15). The molecule has 3 N–H and O–H groups in total. The fraction of sp³-hybridized carbons (Fsp3) is 0.600. The molecule has 15 heavy (non-hydrogen) atoms. The first-order valence-corrected chi connectivity index (χ1v) is 5.08. The zero-order valence-electron chi connectivity index (χ0n) is 9.45. The number of aryl methyl sites for hydroxylation is 1. The Hall–Kier alpha value is -1.52. The van der Waals surface area contributed by atoms with Gasteiger partial charge in [0.2, 0.25) is 5.91 Å². The van der Waals surface area contributed by atoms with Gasteiger partial charge < -0.3 is 11.1 Å². The summed E-state index contributed by atoms with van der Waals surface area (Å²) < 4.78 is 1.75. The van der Waals surface area contributed by atoms with E-state index in [0.717, 1.165) is 5.69 Å². The average molecular weight is 210 g/mol. The third kappa shape index (κ3) is 3.27. The highest BCUT2D eigenvalue weighted by Gasteiger charge is 2.06. The Morgan fingerprint density at radius 3 is 2.80 bits per heavy atom. The van der Waals surface area contributed by atoms with Crippen LogP contribution in [0.15, 0.2) is 6.20 Å². The molecule has 0 atom stereocenters. The summed E-state index contributed by atoms with van der Waals surface area (Å²) in [4.78, 5) is 11.4. The van der Waals surface area contributed by atoms with Gasteiger partial charge in [0.1, 0.15) is 0 Å². The van der Waals surface area contributed by atoms with E-state index in [2.05, 4.69) is 10.4 Å². The van der Waals surface area contributed by atoms with Gasteiger partial charge in [0.05, 0.1) is 24.1 Å². The Labute approximate surface area is 89.6 Å². The summed E-state index contributed by atoms with van der Waals surface area (Å²) in [6.45, 7) is 6.34. The Balaban J connectivity index is 2.44. The summed E-state index contributed by atoms with van der Waals surface area (Å²) in [7, 11) is 0. The molecular formula is C10H18N4O. The number of nitrogens with two attached hydrogens (primary N) is 1. The molecule has 0 radical (unpaired) electrons. The number of hydrogen-bond acceptors (Lipinski definition) is 3. The van der Waals surface area contributed by atoms with E-state index in [1.54, 1.807) is 10.9 Å². The molecule has 0 bridgehead atoms. The number of hydrogen-bond donors (Lipinski definition) is 2. The van der Waals surface area contributed by atoms with Crippen LogP contribution in [-0.2, 0) is 11.3 Å². The largest absolute Gasteiger partial charge is 0.396 e. The maximum Gasteiger partial charge on any atom is 0.222 e. The molecule has 0 aliphatic heterocycles. The fourth-order valence-electron chi connectivity index (χ4n) is 1.29. The lowest BCUT2D eigenvalue weighted by Crippen LogP contribution is -2.30. The molecule has 1 rings (SSSR count). The van der Waals surface area contributed by atoms with Crippen LogP contribution in [0, 0.1) is 6.92 Å². The van der Waals surface area contributed by atoms with Crippen LogP contribution < -0.4 is 11.1 Å². The van der Waals surface area contributed by atoms with Crippen molar-refractivity contribution in [3.63, 3.8) is 0 Å². The number of carbonyl (C=O) groups excluding carboxylic acids is 1. The van der Waals surface area contributed by atoms with E-state index in [4.69, 9.17) is 5.73 Å². The molecule has 0 aliphatic rings. The summed E-state index contributed by atoms with van der Waals surface area (Å²) in [6, 6.07) is 0.182. The van der Waals surface area contributed by atoms with Crippen molar-refractivity contribution >= 4 is 11.6 Å². The normalized spacial score (nSPS) is 10.7. The van der Waals surface area contributed by atoms with Crippen molar-refractivity contribution in [2.45, 2.75) is 39.8 Å². The van der Waals surface area contributed by atoms with Crippen LogP contribution in [0.1, 0.15) is 26.0 Å². The highest BCUT2D eigenvalue weighted by molar-refractivity contribution is 5.76. The van der Waals surface area contributed by atoms with Crippen LogP contribution in [0.25, 0.3) is 0 Å². The van der Waals surface area contributed by atoms with E-state index < -0.39 is 0 Å². The van der Waals surface area contributed by atoms with Crippen LogP contribution in [0.3, 0.4) is 0 Å². The molecule has 0 aliphatic carbocycles. The predicted molar refractivity (Wildman–Crippen MR) is 59.3 cm³/mol. The molecule has 0 spiro atoms. The molecule has 0 unspecified atom stereocenters. The van der Waals surface area contributed by atoms with Crippen LogP contribution >= 0.6 is 0 Å². The molecule has 1 heterocycles. The van der Waals surface area contributed by atoms with Crippen LogP contribution in [0.5, 0.6) is 0 Å². The molecule has 1 amide bonds. The minimum Gasteiger partial charge on any atom is -0.396 e. The van der Waals surface area contributed by atoms with Crippen LogP contribution in [-0.4, -0.2) is 21.7 Å². The summed E-state index contributed by atoms with van der Waals surface area (Å²) >= 11 is 0. The van der Waals surface area contributed by atoms with Crippen molar-refractivity contribution in [2.24, 2.45) is 0 Å². The van der Waals surface area contributed by atoms with E-state index in [1.165, 1.54) is 0 Å². The fourth-order valence-corrected chi connectivity index (χ4v) is 1.29. The zero-order valence-corrected chi connectivity index (χ0v) is 9.45. The van der Waals surface area contributed by atoms with Crippen LogP contribution in [0.4, 0.5) is 5.69 Å². The van der Waals surface area contributed by atoms with Gasteiger partial charge in [0, 0.05) is 12.5 Å². The quantitative estimate of drug-likeness (QED) is 0.768. The summed E-state index contributed by atoms with van der Waals surface area (Å²) in [5.41, 5.74) is 7.22. The van der Waals surface area contributed by atoms with Gasteiger partial charge in [0.15, 0.2) is 0 Å². The number of carbonyl (C=O) groups is 1. The van der Waals surface area contributed by atoms with Crippen molar-refractivity contribution < 1.29 is 4.79 Å². The molecule has 5 nitrogen and oxygen atoms in total. The average Bonchev–Trinajstić information content (AvgIpc) is 2.44. The maximum absolute atomic E-state index is 11.4. The van der Waals surface area contributed by atoms with Crippen molar-refractivity contribution in [3.8, 4) is 0 Å². The number of nitrogen functional groups attached to an aromatic ring is 1. The number of nitrogens with one attached hydrogen (secondary N) is 1. The Morgan fingerprint density at radius 2 is 2.33 bits per heavy atom. The van der Waals surface area contributed by atoms with Crippen molar-refractivity contribution in [1.82, 2.24) is 15.1 Å². The van der Waals surface area contributed by atoms with Gasteiger partial charge in [-0.1, -0.05) is 0 Å². The lowest BCUT2D eigenvalue weighted by molar-refractivity contribution is -0.121. The Bertz CT molecular complexity index is 343. The SMILES string of the molecule is Cc1c(N)cnn1CCC(=O)NC(C)C. The topological polar surface area (TPSA) is 72.9 Å². The van der Waals surface area contributed by atoms with E-state index in [9.17, 15) is 4.79 Å². The van der Waals surface area contributed by atoms with Gasteiger partial charge in [-0.2, -0.15) is 5.10 Å². The van der Waals surface area contributed by atoms with Crippen molar-refractivity contribution in [2.75, 3.05) is 5.73 Å². The summed E-state index contributed by atoms with van der Waals surface area (Å²) in [5.74, 6) is 0.0403. The number of aromatic nitrogens is 2. The smallest absolute Gasteiger partial charge is 0.222 e. The number of anilines is 1.